The highest BCUT2D eigenvalue weighted by atomic mass is 35.5. The van der Waals surface area contributed by atoms with E-state index in [0.29, 0.717) is 29.4 Å². The zero-order valence-electron chi connectivity index (χ0n) is 18.4. The molecule has 0 bridgehead atoms. The number of carbonyl (C=O) groups excluding carboxylic acids is 1. The molecule has 2 aliphatic rings. The number of amides is 1. The fourth-order valence-corrected chi connectivity index (χ4v) is 6.08. The molecule has 12 heteroatoms. The Kier molecular flexibility index (Phi) is 6.10. The summed E-state index contributed by atoms with van der Waals surface area (Å²) in [7, 11) is -4.27. The number of halogens is 1. The normalized spacial score (nSPS) is 18.5. The van der Waals surface area contributed by atoms with Crippen LogP contribution in [0, 0.1) is 0 Å². The largest absolute Gasteiger partial charge is 0.478 e. The standard InChI is InChI=1S/C21H24ClN3O6S2/c1-23(2)33(29,30)16-5-6-17-14(12-16)8-10-24(17)21(26)20-9-11-25(32(3,27)28)18-13-15(22)4-7-19(18)31-20/h4-7,12-13,20H,8-11H2,1-3H3. The van der Waals surface area contributed by atoms with E-state index in [9.17, 15) is 21.6 Å². The molecule has 0 N–H and O–H groups in total. The predicted molar refractivity (Wildman–Crippen MR) is 126 cm³/mol. The molecule has 0 saturated carbocycles. The maximum absolute atomic E-state index is 13.4. The molecule has 0 saturated heterocycles. The number of hydrogen-bond donors (Lipinski definition) is 0. The van der Waals surface area contributed by atoms with Crippen molar-refractivity contribution in [1.29, 1.82) is 0 Å². The first-order valence-corrected chi connectivity index (χ1v) is 13.9. The molecule has 0 fully saturated rings. The van der Waals surface area contributed by atoms with E-state index in [2.05, 4.69) is 0 Å². The van der Waals surface area contributed by atoms with E-state index in [1.165, 1.54) is 30.5 Å². The Morgan fingerprint density at radius 3 is 2.45 bits per heavy atom. The van der Waals surface area contributed by atoms with Crippen LogP contribution < -0.4 is 13.9 Å². The van der Waals surface area contributed by atoms with Crippen molar-refractivity contribution in [2.45, 2.75) is 23.8 Å². The van der Waals surface area contributed by atoms with Crippen LogP contribution in [0.25, 0.3) is 0 Å². The second-order valence-electron chi connectivity index (χ2n) is 8.16. The zero-order chi connectivity index (χ0) is 24.1. The van der Waals surface area contributed by atoms with Crippen LogP contribution in [-0.2, 0) is 31.3 Å². The number of anilines is 2. The number of hydrogen-bond acceptors (Lipinski definition) is 6. The van der Waals surface area contributed by atoms with Gasteiger partial charge in [-0.1, -0.05) is 11.6 Å². The van der Waals surface area contributed by atoms with Gasteiger partial charge < -0.3 is 9.64 Å². The van der Waals surface area contributed by atoms with Gasteiger partial charge in [0.15, 0.2) is 6.10 Å². The summed E-state index contributed by atoms with van der Waals surface area (Å²) >= 11 is 6.07. The second kappa shape index (κ2) is 8.46. The van der Waals surface area contributed by atoms with Crippen LogP contribution in [-0.4, -0.2) is 66.6 Å². The minimum atomic E-state index is -3.61. The van der Waals surface area contributed by atoms with Gasteiger partial charge in [-0.3, -0.25) is 9.10 Å². The third-order valence-corrected chi connectivity index (χ3v) is 8.95. The molecule has 1 unspecified atom stereocenters. The van der Waals surface area contributed by atoms with Gasteiger partial charge in [-0.15, -0.1) is 0 Å². The molecule has 9 nitrogen and oxygen atoms in total. The van der Waals surface area contributed by atoms with Crippen LogP contribution in [0.1, 0.15) is 12.0 Å². The van der Waals surface area contributed by atoms with Gasteiger partial charge in [-0.25, -0.2) is 21.1 Å². The van der Waals surface area contributed by atoms with Crippen molar-refractivity contribution in [3.05, 3.63) is 47.0 Å². The average molecular weight is 514 g/mol. The van der Waals surface area contributed by atoms with Crippen molar-refractivity contribution in [3.63, 3.8) is 0 Å². The smallest absolute Gasteiger partial charge is 0.268 e. The Hall–Kier alpha value is -2.34. The first kappa shape index (κ1) is 23.8. The molecule has 2 heterocycles. The van der Waals surface area contributed by atoms with E-state index in [-0.39, 0.29) is 29.5 Å². The fourth-order valence-electron chi connectivity index (χ4n) is 4.02. The lowest BCUT2D eigenvalue weighted by Gasteiger charge is -2.24. The minimum Gasteiger partial charge on any atom is -0.478 e. The van der Waals surface area contributed by atoms with E-state index in [1.54, 1.807) is 29.2 Å². The molecule has 1 atom stereocenters. The molecule has 2 aliphatic heterocycles. The number of nitrogens with zero attached hydrogens (tertiary/aromatic N) is 3. The number of rotatable bonds is 4. The summed E-state index contributed by atoms with van der Waals surface area (Å²) in [5, 5.41) is 0.354. The molecular formula is C21H24ClN3O6S2. The Morgan fingerprint density at radius 1 is 1.06 bits per heavy atom. The quantitative estimate of drug-likeness (QED) is 0.620. The topological polar surface area (TPSA) is 104 Å². The molecule has 0 radical (unpaired) electrons. The van der Waals surface area contributed by atoms with E-state index in [4.69, 9.17) is 16.3 Å². The number of carbonyl (C=O) groups is 1. The summed E-state index contributed by atoms with van der Waals surface area (Å²) in [6, 6.07) is 9.33. The first-order chi connectivity index (χ1) is 15.4. The van der Waals surface area contributed by atoms with Gasteiger partial charge in [0.05, 0.1) is 16.8 Å². The fraction of sp³-hybridized carbons (Fsp3) is 0.381. The van der Waals surface area contributed by atoms with Gasteiger partial charge in [-0.05, 0) is 48.4 Å². The third kappa shape index (κ3) is 4.42. The van der Waals surface area contributed by atoms with E-state index in [1.807, 2.05) is 0 Å². The Labute approximate surface area is 198 Å². The molecule has 2 aromatic carbocycles. The van der Waals surface area contributed by atoms with E-state index < -0.39 is 26.2 Å². The molecule has 2 aromatic rings. The van der Waals surface area contributed by atoms with Crippen molar-refractivity contribution in [1.82, 2.24) is 4.31 Å². The number of fused-ring (bicyclic) bond motifs is 2. The van der Waals surface area contributed by atoms with Crippen molar-refractivity contribution >= 4 is 48.9 Å². The van der Waals surface area contributed by atoms with Crippen LogP contribution in [0.4, 0.5) is 11.4 Å². The molecule has 33 heavy (non-hydrogen) atoms. The van der Waals surface area contributed by atoms with Crippen LogP contribution in [0.2, 0.25) is 5.02 Å². The summed E-state index contributed by atoms with van der Waals surface area (Å²) in [6.07, 6.45) is 0.840. The second-order valence-corrected chi connectivity index (χ2v) is 12.7. The third-order valence-electron chi connectivity index (χ3n) is 5.72. The van der Waals surface area contributed by atoms with Crippen molar-refractivity contribution in [2.24, 2.45) is 0 Å². The Morgan fingerprint density at radius 2 is 1.79 bits per heavy atom. The van der Waals surface area contributed by atoms with Crippen LogP contribution in [0.15, 0.2) is 41.3 Å². The highest BCUT2D eigenvalue weighted by Gasteiger charge is 2.36. The maximum Gasteiger partial charge on any atom is 0.268 e. The molecule has 0 spiro atoms. The molecule has 4 rings (SSSR count). The Bertz CT molecular complexity index is 1330. The summed E-state index contributed by atoms with van der Waals surface area (Å²) in [4.78, 5) is 15.2. The molecule has 178 valence electrons. The van der Waals surface area contributed by atoms with E-state index in [0.717, 1.165) is 16.1 Å². The van der Waals surface area contributed by atoms with Gasteiger partial charge >= 0.3 is 0 Å². The average Bonchev–Trinajstić information content (AvgIpc) is 3.05. The summed E-state index contributed by atoms with van der Waals surface area (Å²) in [6.45, 7) is 0.437. The lowest BCUT2D eigenvalue weighted by atomic mass is 10.1. The monoisotopic (exact) mass is 513 g/mol. The van der Waals surface area contributed by atoms with Gasteiger partial charge in [0, 0.05) is 44.3 Å². The number of sulfonamides is 2. The molecule has 0 aliphatic carbocycles. The maximum atomic E-state index is 13.4. The highest BCUT2D eigenvalue weighted by Crippen LogP contribution is 2.38. The van der Waals surface area contributed by atoms with Crippen molar-refractivity contribution in [3.8, 4) is 5.75 Å². The SMILES string of the molecule is CN(C)S(=O)(=O)c1ccc2c(c1)CCN2C(=O)C1CCN(S(C)(=O)=O)c2cc(Cl)ccc2O1. The predicted octanol–water partition coefficient (Wildman–Crippen LogP) is 2.10. The minimum absolute atomic E-state index is 0.0588. The van der Waals surface area contributed by atoms with Crippen molar-refractivity contribution in [2.75, 3.05) is 42.6 Å². The van der Waals surface area contributed by atoms with Crippen LogP contribution in [0.5, 0.6) is 5.75 Å². The zero-order valence-corrected chi connectivity index (χ0v) is 20.7. The van der Waals surface area contributed by atoms with Gasteiger partial charge in [0.1, 0.15) is 5.75 Å². The molecule has 1 amide bonds. The number of ether oxygens (including phenoxy) is 1. The lowest BCUT2D eigenvalue weighted by molar-refractivity contribution is -0.125. The first-order valence-electron chi connectivity index (χ1n) is 10.2. The summed E-state index contributed by atoms with van der Waals surface area (Å²) in [5.74, 6) is -0.0549. The van der Waals surface area contributed by atoms with E-state index >= 15 is 0 Å². The summed E-state index contributed by atoms with van der Waals surface area (Å²) < 4.78 is 57.9. The molecular weight excluding hydrogens is 490 g/mol. The van der Waals surface area contributed by atoms with Gasteiger partial charge in [0.2, 0.25) is 20.0 Å². The van der Waals surface area contributed by atoms with Crippen LogP contribution >= 0.6 is 11.6 Å². The van der Waals surface area contributed by atoms with Crippen molar-refractivity contribution < 1.29 is 26.4 Å². The highest BCUT2D eigenvalue weighted by molar-refractivity contribution is 7.92. The Balaban J connectivity index is 1.64. The summed E-state index contributed by atoms with van der Waals surface area (Å²) in [5.41, 5.74) is 1.67. The van der Waals surface area contributed by atoms with Gasteiger partial charge in [0.25, 0.3) is 5.91 Å². The van der Waals surface area contributed by atoms with Gasteiger partial charge in [-0.2, -0.15) is 0 Å². The van der Waals surface area contributed by atoms with Crippen LogP contribution in [0.3, 0.4) is 0 Å². The lowest BCUT2D eigenvalue weighted by Crippen LogP contribution is -2.42. The number of benzene rings is 2. The molecule has 0 aromatic heterocycles.